The molecule has 0 saturated heterocycles. The minimum absolute atomic E-state index is 0.771. The van der Waals surface area contributed by atoms with Gasteiger partial charge in [0, 0.05) is 19.9 Å². The fraction of sp³-hybridized carbons (Fsp3) is 0.100. The van der Waals surface area contributed by atoms with Crippen LogP contribution in [0.15, 0.2) is 22.7 Å². The molecular formula is C10H6Br2OS. The second kappa shape index (κ2) is 4.13. The Morgan fingerprint density at radius 3 is 2.86 bits per heavy atom. The van der Waals surface area contributed by atoms with Gasteiger partial charge in [-0.25, -0.2) is 0 Å². The lowest BCUT2D eigenvalue weighted by molar-refractivity contribution is 0.112. The quantitative estimate of drug-likeness (QED) is 0.589. The summed E-state index contributed by atoms with van der Waals surface area (Å²) in [6, 6.07) is 6.03. The number of halogens is 2. The van der Waals surface area contributed by atoms with Gasteiger partial charge in [-0.2, -0.15) is 0 Å². The lowest BCUT2D eigenvalue weighted by Gasteiger charge is -2.00. The number of carbonyl (C=O) groups is 1. The van der Waals surface area contributed by atoms with E-state index in [-0.39, 0.29) is 0 Å². The molecule has 1 aromatic carbocycles. The molecule has 0 unspecified atom stereocenters. The zero-order valence-electron chi connectivity index (χ0n) is 7.09. The number of hydrogen-bond donors (Lipinski definition) is 0. The Morgan fingerprint density at radius 2 is 2.21 bits per heavy atom. The van der Waals surface area contributed by atoms with Crippen LogP contribution in [0.5, 0.6) is 0 Å². The molecule has 0 spiro atoms. The van der Waals surface area contributed by atoms with Crippen molar-refractivity contribution in [3.8, 4) is 0 Å². The fourth-order valence-corrected chi connectivity index (χ4v) is 3.76. The van der Waals surface area contributed by atoms with E-state index in [9.17, 15) is 4.79 Å². The first-order valence-electron chi connectivity index (χ1n) is 3.98. The molecule has 1 aromatic heterocycles. The summed E-state index contributed by atoms with van der Waals surface area (Å²) in [4.78, 5) is 11.4. The molecule has 0 amide bonds. The highest BCUT2D eigenvalue weighted by Gasteiger charge is 2.07. The van der Waals surface area contributed by atoms with E-state index < -0.39 is 0 Å². The van der Waals surface area contributed by atoms with E-state index in [2.05, 4.69) is 37.9 Å². The number of thiophene rings is 1. The Morgan fingerprint density at radius 1 is 1.43 bits per heavy atom. The van der Waals surface area contributed by atoms with Gasteiger partial charge in [0.2, 0.25) is 0 Å². The van der Waals surface area contributed by atoms with Crippen LogP contribution in [0, 0.1) is 0 Å². The van der Waals surface area contributed by atoms with Crippen LogP contribution in [0.25, 0.3) is 10.1 Å². The first-order valence-corrected chi connectivity index (χ1v) is 6.71. The summed E-state index contributed by atoms with van der Waals surface area (Å²) in [5.74, 6) is 0. The first kappa shape index (κ1) is 10.3. The van der Waals surface area contributed by atoms with Gasteiger partial charge in [-0.3, -0.25) is 4.79 Å². The summed E-state index contributed by atoms with van der Waals surface area (Å²) in [6.07, 6.45) is 0.894. The van der Waals surface area contributed by atoms with E-state index in [1.807, 2.05) is 12.1 Å². The molecule has 0 aliphatic carbocycles. The number of fused-ring (bicyclic) bond motifs is 1. The summed E-state index contributed by atoms with van der Waals surface area (Å²) < 4.78 is 2.22. The molecule has 0 atom stereocenters. The molecule has 0 fully saturated rings. The Hall–Kier alpha value is -0.190. The third-order valence-corrected chi connectivity index (χ3v) is 4.56. The van der Waals surface area contributed by atoms with E-state index in [1.165, 1.54) is 16.9 Å². The van der Waals surface area contributed by atoms with Gasteiger partial charge >= 0.3 is 0 Å². The molecule has 0 saturated carbocycles. The maximum absolute atomic E-state index is 10.6. The summed E-state index contributed by atoms with van der Waals surface area (Å²) in [5, 5.41) is 1.93. The molecular weight excluding hydrogens is 328 g/mol. The smallest absolute Gasteiger partial charge is 0.160 e. The number of benzene rings is 1. The van der Waals surface area contributed by atoms with Gasteiger partial charge in [0.05, 0.1) is 4.88 Å². The maximum Gasteiger partial charge on any atom is 0.160 e. The summed E-state index contributed by atoms with van der Waals surface area (Å²) in [7, 11) is 0. The Kier molecular flexibility index (Phi) is 3.04. The molecule has 2 aromatic rings. The standard InChI is InChI=1S/C10H6Br2OS/c11-4-6-1-2-9-8(10(6)12)3-7(5-13)14-9/h1-3,5H,4H2. The van der Waals surface area contributed by atoms with Gasteiger partial charge in [-0.1, -0.05) is 22.0 Å². The minimum Gasteiger partial charge on any atom is -0.297 e. The molecule has 72 valence electrons. The molecule has 2 rings (SSSR count). The molecule has 0 radical (unpaired) electrons. The van der Waals surface area contributed by atoms with Crippen LogP contribution in [0.4, 0.5) is 0 Å². The molecule has 1 heterocycles. The van der Waals surface area contributed by atoms with E-state index in [1.54, 1.807) is 0 Å². The van der Waals surface area contributed by atoms with E-state index >= 15 is 0 Å². The van der Waals surface area contributed by atoms with Gasteiger partial charge in [0.15, 0.2) is 6.29 Å². The SMILES string of the molecule is O=Cc1cc2c(Br)c(CBr)ccc2s1. The van der Waals surface area contributed by atoms with Crippen LogP contribution < -0.4 is 0 Å². The van der Waals surface area contributed by atoms with Crippen molar-refractivity contribution in [2.24, 2.45) is 0 Å². The number of rotatable bonds is 2. The molecule has 14 heavy (non-hydrogen) atoms. The van der Waals surface area contributed by atoms with Crippen LogP contribution in [-0.4, -0.2) is 6.29 Å². The van der Waals surface area contributed by atoms with Crippen LogP contribution >= 0.6 is 43.2 Å². The van der Waals surface area contributed by atoms with E-state index in [0.29, 0.717) is 0 Å². The van der Waals surface area contributed by atoms with Crippen molar-refractivity contribution in [3.05, 3.63) is 33.1 Å². The Balaban J connectivity index is 2.74. The highest BCUT2D eigenvalue weighted by Crippen LogP contribution is 2.34. The van der Waals surface area contributed by atoms with Gasteiger partial charge in [-0.05, 0) is 33.6 Å². The van der Waals surface area contributed by atoms with Crippen molar-refractivity contribution in [3.63, 3.8) is 0 Å². The van der Waals surface area contributed by atoms with Crippen molar-refractivity contribution in [1.82, 2.24) is 0 Å². The monoisotopic (exact) mass is 332 g/mol. The normalized spacial score (nSPS) is 10.7. The largest absolute Gasteiger partial charge is 0.297 e. The van der Waals surface area contributed by atoms with Crippen molar-refractivity contribution in [1.29, 1.82) is 0 Å². The highest BCUT2D eigenvalue weighted by atomic mass is 79.9. The maximum atomic E-state index is 10.6. The third kappa shape index (κ3) is 1.66. The zero-order valence-corrected chi connectivity index (χ0v) is 11.1. The van der Waals surface area contributed by atoms with Crippen LogP contribution in [-0.2, 0) is 5.33 Å². The molecule has 0 aliphatic rings. The summed E-state index contributed by atoms with van der Waals surface area (Å²) >= 11 is 8.48. The van der Waals surface area contributed by atoms with Crippen LogP contribution in [0.3, 0.4) is 0 Å². The zero-order chi connectivity index (χ0) is 10.1. The average Bonchev–Trinajstić information content (AvgIpc) is 2.62. The van der Waals surface area contributed by atoms with E-state index in [0.717, 1.165) is 31.1 Å². The van der Waals surface area contributed by atoms with Gasteiger partial charge in [0.1, 0.15) is 0 Å². The lowest BCUT2D eigenvalue weighted by atomic mass is 10.2. The second-order valence-electron chi connectivity index (χ2n) is 2.85. The number of aldehydes is 1. The highest BCUT2D eigenvalue weighted by molar-refractivity contribution is 9.11. The molecule has 0 N–H and O–H groups in total. The first-order chi connectivity index (χ1) is 6.76. The van der Waals surface area contributed by atoms with Gasteiger partial charge < -0.3 is 0 Å². The fourth-order valence-electron chi connectivity index (χ4n) is 1.30. The third-order valence-electron chi connectivity index (χ3n) is 1.99. The number of carbonyl (C=O) groups excluding carboxylic acids is 1. The number of alkyl halides is 1. The predicted octanol–water partition coefficient (Wildman–Crippen LogP) is 4.37. The van der Waals surface area contributed by atoms with Crippen molar-refractivity contribution >= 4 is 59.6 Å². The summed E-state index contributed by atoms with van der Waals surface area (Å²) in [6.45, 7) is 0. The average molecular weight is 334 g/mol. The van der Waals surface area contributed by atoms with Gasteiger partial charge in [-0.15, -0.1) is 11.3 Å². The van der Waals surface area contributed by atoms with E-state index in [4.69, 9.17) is 0 Å². The Labute approximate surface area is 102 Å². The van der Waals surface area contributed by atoms with Crippen LogP contribution in [0.1, 0.15) is 15.2 Å². The van der Waals surface area contributed by atoms with Gasteiger partial charge in [0.25, 0.3) is 0 Å². The Bertz CT molecular complexity index is 490. The second-order valence-corrected chi connectivity index (χ2v) is 5.32. The molecule has 0 aliphatic heterocycles. The predicted molar refractivity (Wildman–Crippen MR) is 67.5 cm³/mol. The van der Waals surface area contributed by atoms with Crippen molar-refractivity contribution in [2.45, 2.75) is 5.33 Å². The van der Waals surface area contributed by atoms with Crippen LogP contribution in [0.2, 0.25) is 0 Å². The summed E-state index contributed by atoms with van der Waals surface area (Å²) in [5.41, 5.74) is 1.20. The van der Waals surface area contributed by atoms with Crippen molar-refractivity contribution in [2.75, 3.05) is 0 Å². The minimum atomic E-state index is 0.771. The lowest BCUT2D eigenvalue weighted by Crippen LogP contribution is -1.79. The van der Waals surface area contributed by atoms with Crippen molar-refractivity contribution < 1.29 is 4.79 Å². The number of hydrogen-bond acceptors (Lipinski definition) is 2. The molecule has 4 heteroatoms. The topological polar surface area (TPSA) is 17.1 Å². The molecule has 0 bridgehead atoms. The molecule has 1 nitrogen and oxygen atoms in total.